The molecule has 2 aromatic rings. The number of aromatic nitrogens is 1. The molecule has 0 aliphatic heterocycles. The van der Waals surface area contributed by atoms with Crippen molar-refractivity contribution in [1.29, 1.82) is 0 Å². The maximum Gasteiger partial charge on any atom is 0.256 e. The average molecular weight is 388 g/mol. The maximum atomic E-state index is 13.7. The quantitative estimate of drug-likeness (QED) is 0.771. The molecule has 10 heteroatoms. The van der Waals surface area contributed by atoms with Crippen LogP contribution in [-0.4, -0.2) is 24.6 Å². The lowest BCUT2D eigenvalue weighted by Gasteiger charge is -2.10. The minimum Gasteiger partial charge on any atom is -0.319 e. The first-order chi connectivity index (χ1) is 11.7. The van der Waals surface area contributed by atoms with E-state index in [0.29, 0.717) is 12.8 Å². The maximum absolute atomic E-state index is 13.7. The summed E-state index contributed by atoms with van der Waals surface area (Å²) in [5, 5.41) is 1.92. The van der Waals surface area contributed by atoms with Crippen LogP contribution in [0.5, 0.6) is 0 Å². The number of hydrogen-bond acceptors (Lipinski definition) is 4. The molecule has 0 bridgehead atoms. The van der Waals surface area contributed by atoms with E-state index in [9.17, 15) is 22.0 Å². The lowest BCUT2D eigenvalue weighted by atomic mass is 10.2. The van der Waals surface area contributed by atoms with Crippen LogP contribution < -0.4 is 10.0 Å². The van der Waals surface area contributed by atoms with E-state index in [1.165, 1.54) is 12.1 Å². The van der Waals surface area contributed by atoms with Crippen LogP contribution in [-0.2, 0) is 10.0 Å². The summed E-state index contributed by atoms with van der Waals surface area (Å²) in [7, 11) is -3.66. The fraction of sp³-hybridized carbons (Fsp3) is 0.200. The van der Waals surface area contributed by atoms with Crippen molar-refractivity contribution in [3.05, 3.63) is 52.7 Å². The van der Waals surface area contributed by atoms with Gasteiger partial charge in [-0.1, -0.05) is 11.6 Å². The van der Waals surface area contributed by atoms with Gasteiger partial charge >= 0.3 is 0 Å². The largest absolute Gasteiger partial charge is 0.319 e. The Morgan fingerprint density at radius 2 is 1.92 bits per heavy atom. The lowest BCUT2D eigenvalue weighted by molar-refractivity contribution is 0.102. The Balaban J connectivity index is 1.84. The summed E-state index contributed by atoms with van der Waals surface area (Å²) in [5.41, 5.74) is -0.407. The van der Waals surface area contributed by atoms with Gasteiger partial charge in [-0.25, -0.2) is 17.8 Å². The molecule has 1 aromatic carbocycles. The van der Waals surface area contributed by atoms with Gasteiger partial charge in [0.2, 0.25) is 16.0 Å². The second-order valence-electron chi connectivity index (χ2n) is 5.49. The highest BCUT2D eigenvalue weighted by molar-refractivity contribution is 7.93. The molecule has 0 saturated heterocycles. The van der Waals surface area contributed by atoms with E-state index < -0.39 is 32.9 Å². The van der Waals surface area contributed by atoms with Crippen molar-refractivity contribution in [2.45, 2.75) is 18.1 Å². The Labute approximate surface area is 147 Å². The number of pyridine rings is 1. The number of nitrogens with one attached hydrogen (secondary N) is 2. The van der Waals surface area contributed by atoms with E-state index >= 15 is 0 Å². The molecule has 1 amide bonds. The lowest BCUT2D eigenvalue weighted by Crippen LogP contribution is -2.20. The van der Waals surface area contributed by atoms with Gasteiger partial charge in [-0.15, -0.1) is 0 Å². The zero-order valence-electron chi connectivity index (χ0n) is 12.6. The van der Waals surface area contributed by atoms with E-state index in [1.807, 2.05) is 0 Å². The highest BCUT2D eigenvalue weighted by Crippen LogP contribution is 2.29. The molecular weight excluding hydrogens is 376 g/mol. The molecule has 0 spiro atoms. The van der Waals surface area contributed by atoms with E-state index in [2.05, 4.69) is 15.0 Å². The first-order valence-corrected chi connectivity index (χ1v) is 9.12. The third-order valence-corrected chi connectivity index (χ3v) is 5.52. The van der Waals surface area contributed by atoms with Gasteiger partial charge in [-0.2, -0.15) is 4.39 Å². The number of halogens is 3. The number of carbonyl (C=O) groups excluding carboxylic acids is 1. The van der Waals surface area contributed by atoms with Crippen LogP contribution in [0.25, 0.3) is 0 Å². The smallest absolute Gasteiger partial charge is 0.256 e. The summed E-state index contributed by atoms with van der Waals surface area (Å²) in [4.78, 5) is 15.6. The summed E-state index contributed by atoms with van der Waals surface area (Å²) in [6.07, 6.45) is 1.04. The van der Waals surface area contributed by atoms with Gasteiger partial charge in [0.15, 0.2) is 0 Å². The van der Waals surface area contributed by atoms with Crippen LogP contribution in [0.15, 0.2) is 30.3 Å². The zero-order chi connectivity index (χ0) is 18.2. The van der Waals surface area contributed by atoms with Crippen LogP contribution >= 0.6 is 11.6 Å². The standard InChI is InChI=1S/C15H12ClF2N3O3S/c16-9-1-4-11(17)12(7-9)19-15(22)8-5-13(18)20-14(6-8)21-25(23,24)10-2-3-10/h1,4-7,10H,2-3H2,(H,19,22)(H,20,21). The summed E-state index contributed by atoms with van der Waals surface area (Å²) in [6, 6.07) is 5.46. The van der Waals surface area contributed by atoms with Crippen molar-refractivity contribution in [2.75, 3.05) is 10.0 Å². The van der Waals surface area contributed by atoms with Crippen LogP contribution in [0.4, 0.5) is 20.3 Å². The highest BCUT2D eigenvalue weighted by atomic mass is 35.5. The summed E-state index contributed by atoms with van der Waals surface area (Å²) in [6.45, 7) is 0. The van der Waals surface area contributed by atoms with Crippen molar-refractivity contribution in [1.82, 2.24) is 4.98 Å². The number of nitrogens with zero attached hydrogens (tertiary/aromatic N) is 1. The minimum absolute atomic E-state index is 0.185. The number of benzene rings is 1. The molecule has 3 rings (SSSR count). The van der Waals surface area contributed by atoms with Gasteiger partial charge < -0.3 is 5.32 Å². The molecule has 1 saturated carbocycles. The van der Waals surface area contributed by atoms with Crippen molar-refractivity contribution in [3.8, 4) is 0 Å². The van der Waals surface area contributed by atoms with E-state index in [1.54, 1.807) is 0 Å². The van der Waals surface area contributed by atoms with Crippen molar-refractivity contribution >= 4 is 39.0 Å². The zero-order valence-corrected chi connectivity index (χ0v) is 14.2. The first-order valence-electron chi connectivity index (χ1n) is 7.20. The molecule has 25 heavy (non-hydrogen) atoms. The summed E-state index contributed by atoms with van der Waals surface area (Å²) >= 11 is 5.74. The second kappa shape index (κ2) is 6.57. The normalized spacial score (nSPS) is 14.2. The number of rotatable bonds is 5. The van der Waals surface area contributed by atoms with Gasteiger partial charge in [0.1, 0.15) is 11.6 Å². The summed E-state index contributed by atoms with van der Waals surface area (Å²) < 4.78 is 53.2. The Kier molecular flexibility index (Phi) is 4.61. The van der Waals surface area contributed by atoms with Crippen LogP contribution in [0.3, 0.4) is 0 Å². The van der Waals surface area contributed by atoms with E-state index in [0.717, 1.165) is 18.2 Å². The molecule has 1 heterocycles. The van der Waals surface area contributed by atoms with Gasteiger partial charge in [-0.05, 0) is 37.1 Å². The minimum atomic E-state index is -3.66. The number of carbonyl (C=O) groups is 1. The van der Waals surface area contributed by atoms with E-state index in [-0.39, 0.29) is 22.1 Å². The Morgan fingerprint density at radius 1 is 1.20 bits per heavy atom. The van der Waals surface area contributed by atoms with Crippen molar-refractivity contribution < 1.29 is 22.0 Å². The molecule has 1 aromatic heterocycles. The number of anilines is 2. The molecule has 1 fully saturated rings. The Morgan fingerprint density at radius 3 is 2.60 bits per heavy atom. The molecule has 0 radical (unpaired) electrons. The number of sulfonamides is 1. The fourth-order valence-corrected chi connectivity index (χ4v) is 3.57. The first kappa shape index (κ1) is 17.6. The predicted octanol–water partition coefficient (Wildman–Crippen LogP) is 3.17. The van der Waals surface area contributed by atoms with Gasteiger partial charge in [0.25, 0.3) is 5.91 Å². The Hall–Kier alpha value is -2.26. The topological polar surface area (TPSA) is 88.2 Å². The molecule has 1 aliphatic carbocycles. The number of amides is 1. The summed E-state index contributed by atoms with van der Waals surface area (Å²) in [5.74, 6) is -2.92. The predicted molar refractivity (Wildman–Crippen MR) is 89.1 cm³/mol. The molecule has 6 nitrogen and oxygen atoms in total. The van der Waals surface area contributed by atoms with Crippen molar-refractivity contribution in [3.63, 3.8) is 0 Å². The Bertz CT molecular complexity index is 949. The van der Waals surface area contributed by atoms with Gasteiger partial charge in [0.05, 0.1) is 10.9 Å². The van der Waals surface area contributed by atoms with Crippen LogP contribution in [0.1, 0.15) is 23.2 Å². The number of hydrogen-bond donors (Lipinski definition) is 2. The van der Waals surface area contributed by atoms with Gasteiger partial charge in [-0.3, -0.25) is 9.52 Å². The molecular formula is C15H12ClF2N3O3S. The third-order valence-electron chi connectivity index (χ3n) is 3.44. The molecule has 0 unspecified atom stereocenters. The highest BCUT2D eigenvalue weighted by Gasteiger charge is 2.36. The molecule has 1 aliphatic rings. The monoisotopic (exact) mass is 387 g/mol. The SMILES string of the molecule is O=C(Nc1cc(Cl)ccc1F)c1cc(F)nc(NS(=O)(=O)C2CC2)c1. The molecule has 132 valence electrons. The van der Waals surface area contributed by atoms with Crippen LogP contribution in [0.2, 0.25) is 5.02 Å². The van der Waals surface area contributed by atoms with Crippen molar-refractivity contribution in [2.24, 2.45) is 0 Å². The van der Waals surface area contributed by atoms with E-state index in [4.69, 9.17) is 11.6 Å². The molecule has 0 atom stereocenters. The average Bonchev–Trinajstić information content (AvgIpc) is 3.35. The second-order valence-corrected chi connectivity index (χ2v) is 7.89. The van der Waals surface area contributed by atoms with Crippen LogP contribution in [0, 0.1) is 11.8 Å². The fourth-order valence-electron chi connectivity index (χ4n) is 2.08. The van der Waals surface area contributed by atoms with Gasteiger partial charge in [0, 0.05) is 16.7 Å². The molecule has 2 N–H and O–H groups in total. The third kappa shape index (κ3) is 4.23.